The molecule has 7 heavy (non-hydrogen) atoms. The quantitative estimate of drug-likeness (QED) is 0.582. The van der Waals surface area contributed by atoms with E-state index in [1.807, 2.05) is 0 Å². The molecule has 0 spiro atoms. The van der Waals surface area contributed by atoms with E-state index < -0.39 is 10.0 Å². The van der Waals surface area contributed by atoms with Crippen LogP contribution in [0.3, 0.4) is 0 Å². The van der Waals surface area contributed by atoms with E-state index >= 15 is 0 Å². The first kappa shape index (κ1) is 12.4. The molecule has 0 bridgehead atoms. The van der Waals surface area contributed by atoms with E-state index in [0.717, 1.165) is 0 Å². The van der Waals surface area contributed by atoms with Crippen LogP contribution in [0.2, 0.25) is 0 Å². The fourth-order valence-electron chi connectivity index (χ4n) is 0. The van der Waals surface area contributed by atoms with Crippen LogP contribution in [0.25, 0.3) is 0 Å². The summed E-state index contributed by atoms with van der Waals surface area (Å²) in [7, 11) is 21.0. The van der Waals surface area contributed by atoms with E-state index in [-0.39, 0.29) is 17.4 Å². The van der Waals surface area contributed by atoms with Crippen molar-refractivity contribution in [2.75, 3.05) is 0 Å². The maximum atomic E-state index is 5.04. The number of halogens is 5. The fraction of sp³-hybridized carbons (Fsp3) is 0. The van der Waals surface area contributed by atoms with Crippen LogP contribution in [-0.2, 0) is 10.0 Å². The van der Waals surface area contributed by atoms with Gasteiger partial charge >= 0.3 is 56.5 Å². The minimum absolute atomic E-state index is 0. The molecule has 0 N–H and O–H groups in total. The maximum absolute atomic E-state index is 5.04. The molecule has 0 saturated heterocycles. The molecule has 0 atom stereocenters. The van der Waals surface area contributed by atoms with Crippen molar-refractivity contribution in [3.63, 3.8) is 0 Å². The summed E-state index contributed by atoms with van der Waals surface area (Å²) in [5.41, 5.74) is 0. The van der Waals surface area contributed by atoms with E-state index in [4.69, 9.17) is 46.5 Å². The molecule has 0 fully saturated rings. The Balaban J connectivity index is 0. The van der Waals surface area contributed by atoms with E-state index in [1.54, 1.807) is 0 Å². The van der Waals surface area contributed by atoms with Crippen LogP contribution in [0.15, 0.2) is 0 Å². The molecule has 0 radical (unpaired) electrons. The fourth-order valence-corrected chi connectivity index (χ4v) is 0. The third kappa shape index (κ3) is 53.6. The Hall–Kier alpha value is 2.70. The van der Waals surface area contributed by atoms with Gasteiger partial charge in [0.25, 0.3) is 0 Å². The van der Waals surface area contributed by atoms with Gasteiger partial charge in [0.15, 0.2) is 17.4 Å². The van der Waals surface area contributed by atoms with Crippen molar-refractivity contribution < 1.29 is 10.0 Å². The van der Waals surface area contributed by atoms with Crippen molar-refractivity contribution in [3.05, 3.63) is 0 Å². The molecule has 0 aliphatic rings. The van der Waals surface area contributed by atoms with Crippen LogP contribution in [-0.4, -0.2) is 17.4 Å². The summed E-state index contributed by atoms with van der Waals surface area (Å²) in [6, 6.07) is 0. The molecule has 0 aliphatic heterocycles. The second-order valence-corrected chi connectivity index (χ2v) is 26.5. The number of hydrogen-bond donors (Lipinski definition) is 0. The Labute approximate surface area is 72.8 Å². The molecular formula is H3AlCl5Ti. The first-order valence-electron chi connectivity index (χ1n) is 0.945. The first-order valence-corrected chi connectivity index (χ1v) is 11.7. The van der Waals surface area contributed by atoms with E-state index in [1.165, 1.54) is 0 Å². The molecule has 0 aliphatic carbocycles. The average molecular weight is 255 g/mol. The standard InChI is InChI=1S/Al.5ClH.Ti.3H/h;5*1H;;;;/q;;;;;;+5;;;/p-5. The number of hydrogen-bond acceptors (Lipinski definition) is 0. The van der Waals surface area contributed by atoms with Crippen molar-refractivity contribution in [3.8, 4) is 0 Å². The average Bonchev–Trinajstić information content (AvgIpc) is 0.650. The van der Waals surface area contributed by atoms with Crippen molar-refractivity contribution in [1.82, 2.24) is 0 Å². The van der Waals surface area contributed by atoms with E-state index in [0.29, 0.717) is 0 Å². The van der Waals surface area contributed by atoms with Crippen molar-refractivity contribution in [2.45, 2.75) is 0 Å². The molecular weight excluding hydrogens is 252 g/mol. The second-order valence-electron chi connectivity index (χ2n) is 0.714. The molecule has 0 aromatic heterocycles. The Morgan fingerprint density at radius 2 is 0.714 bits per heavy atom. The van der Waals surface area contributed by atoms with Gasteiger partial charge in [0.2, 0.25) is 0 Å². The molecule has 0 saturated carbocycles. The molecule has 0 aromatic carbocycles. The Morgan fingerprint density at radius 3 is 0.714 bits per heavy atom. The molecule has 0 unspecified atom stereocenters. The van der Waals surface area contributed by atoms with Gasteiger partial charge in [-0.15, -0.1) is 0 Å². The normalized spacial score (nSPS) is 16.4. The monoisotopic (exact) mass is 253 g/mol. The Bertz CT molecular complexity index is 41.3. The summed E-state index contributed by atoms with van der Waals surface area (Å²) in [6.07, 6.45) is 0. The van der Waals surface area contributed by atoms with Crippen LogP contribution in [0.4, 0.5) is 0 Å². The zero-order valence-corrected chi connectivity index (χ0v) is 7.73. The van der Waals surface area contributed by atoms with E-state index in [9.17, 15) is 0 Å². The summed E-state index contributed by atoms with van der Waals surface area (Å²) in [4.78, 5) is 0. The SMILES string of the molecule is [AlH3].[Cl][Ti]([Cl])([Cl])([Cl])[Cl]. The summed E-state index contributed by atoms with van der Waals surface area (Å²) < 4.78 is 0. The van der Waals surface area contributed by atoms with Crippen LogP contribution >= 0.6 is 46.5 Å². The van der Waals surface area contributed by atoms with Gasteiger partial charge in [0, 0.05) is 0 Å². The zero-order chi connectivity index (χ0) is 5.45. The zero-order valence-electron chi connectivity index (χ0n) is 2.39. The summed E-state index contributed by atoms with van der Waals surface area (Å²) in [6.45, 7) is 0. The summed E-state index contributed by atoms with van der Waals surface area (Å²) >= 11 is 0. The van der Waals surface area contributed by atoms with Gasteiger partial charge in [-0.3, -0.25) is 0 Å². The van der Waals surface area contributed by atoms with Crippen molar-refractivity contribution in [1.29, 1.82) is 0 Å². The number of rotatable bonds is 0. The first-order chi connectivity index (χ1) is 2.24. The molecule has 0 aromatic rings. The van der Waals surface area contributed by atoms with Crippen LogP contribution in [0.5, 0.6) is 0 Å². The van der Waals surface area contributed by atoms with Gasteiger partial charge in [-0.1, -0.05) is 0 Å². The molecule has 7 heteroatoms. The molecule has 0 rings (SSSR count). The topological polar surface area (TPSA) is 0 Å². The van der Waals surface area contributed by atoms with Gasteiger partial charge in [0.1, 0.15) is 0 Å². The minimum atomic E-state index is -4.24. The molecule has 0 nitrogen and oxygen atoms in total. The van der Waals surface area contributed by atoms with Gasteiger partial charge in [-0.2, -0.15) is 0 Å². The van der Waals surface area contributed by atoms with Crippen LogP contribution in [0.1, 0.15) is 0 Å². The second kappa shape index (κ2) is 3.20. The third-order valence-electron chi connectivity index (χ3n) is 0. The van der Waals surface area contributed by atoms with Crippen molar-refractivity contribution >= 4 is 63.9 Å². The van der Waals surface area contributed by atoms with Crippen molar-refractivity contribution in [2.24, 2.45) is 0 Å². The summed E-state index contributed by atoms with van der Waals surface area (Å²) in [5.74, 6) is 0. The predicted molar refractivity (Wildman–Crippen MR) is 39.2 cm³/mol. The van der Waals surface area contributed by atoms with Crippen LogP contribution in [0, 0.1) is 0 Å². The van der Waals surface area contributed by atoms with Crippen LogP contribution < -0.4 is 0 Å². The third-order valence-corrected chi connectivity index (χ3v) is 0. The summed E-state index contributed by atoms with van der Waals surface area (Å²) in [5, 5.41) is 0. The van der Waals surface area contributed by atoms with Gasteiger partial charge in [-0.25, -0.2) is 0 Å². The Kier molecular flexibility index (Phi) is 5.65. The molecule has 45 valence electrons. The van der Waals surface area contributed by atoms with Gasteiger partial charge in [-0.05, 0) is 0 Å². The Morgan fingerprint density at radius 1 is 0.714 bits per heavy atom. The molecule has 0 heterocycles. The van der Waals surface area contributed by atoms with Gasteiger partial charge in [0.05, 0.1) is 0 Å². The van der Waals surface area contributed by atoms with E-state index in [2.05, 4.69) is 0 Å². The molecule has 0 amide bonds. The predicted octanol–water partition coefficient (Wildman–Crippen LogP) is 2.26. The van der Waals surface area contributed by atoms with Gasteiger partial charge < -0.3 is 0 Å².